The molecule has 0 spiro atoms. The van der Waals surface area contributed by atoms with Crippen molar-refractivity contribution in [2.75, 3.05) is 13.1 Å². The second-order valence-corrected chi connectivity index (χ2v) is 5.43. The first-order valence-corrected chi connectivity index (χ1v) is 6.62. The summed E-state index contributed by atoms with van der Waals surface area (Å²) in [5, 5.41) is 0. The summed E-state index contributed by atoms with van der Waals surface area (Å²) < 4.78 is 0. The number of hydrogen-bond donors (Lipinski definition) is 0. The molecule has 1 aliphatic heterocycles. The van der Waals surface area contributed by atoms with E-state index in [0.717, 1.165) is 25.9 Å². The van der Waals surface area contributed by atoms with Gasteiger partial charge < -0.3 is 4.90 Å². The topological polar surface area (TPSA) is 20.3 Å². The minimum absolute atomic E-state index is 0.314. The minimum atomic E-state index is 0.314. The van der Waals surface area contributed by atoms with Crippen LogP contribution in [0.3, 0.4) is 0 Å². The molecule has 1 heterocycles. The SMILES string of the molecule is C=C(C)C1CCC(C(=O)N2CCCC2)CC1. The Balaban J connectivity index is 1.84. The average Bonchev–Trinajstić information content (AvgIpc) is 2.81. The third-order valence-electron chi connectivity index (χ3n) is 4.19. The maximum atomic E-state index is 12.2. The first kappa shape index (κ1) is 11.7. The van der Waals surface area contributed by atoms with E-state index in [-0.39, 0.29) is 0 Å². The lowest BCUT2D eigenvalue weighted by Gasteiger charge is -2.30. The molecule has 0 atom stereocenters. The Bertz CT molecular complexity index is 270. The van der Waals surface area contributed by atoms with E-state index in [9.17, 15) is 4.79 Å². The number of hydrogen-bond acceptors (Lipinski definition) is 1. The molecule has 0 unspecified atom stereocenters. The zero-order chi connectivity index (χ0) is 11.5. The van der Waals surface area contributed by atoms with Gasteiger partial charge in [-0.25, -0.2) is 0 Å². The third-order valence-corrected chi connectivity index (χ3v) is 4.19. The number of amides is 1. The van der Waals surface area contributed by atoms with Crippen molar-refractivity contribution >= 4 is 5.91 Å². The fraction of sp³-hybridized carbons (Fsp3) is 0.786. The molecule has 0 radical (unpaired) electrons. The van der Waals surface area contributed by atoms with Gasteiger partial charge in [-0.15, -0.1) is 0 Å². The smallest absolute Gasteiger partial charge is 0.225 e. The van der Waals surface area contributed by atoms with Crippen LogP contribution in [0.25, 0.3) is 0 Å². The van der Waals surface area contributed by atoms with Crippen molar-refractivity contribution in [2.45, 2.75) is 45.4 Å². The number of likely N-dealkylation sites (tertiary alicyclic amines) is 1. The van der Waals surface area contributed by atoms with Crippen LogP contribution in [0.4, 0.5) is 0 Å². The lowest BCUT2D eigenvalue weighted by molar-refractivity contribution is -0.135. The molecule has 1 amide bonds. The van der Waals surface area contributed by atoms with Gasteiger partial charge >= 0.3 is 0 Å². The Morgan fingerprint density at radius 1 is 1.06 bits per heavy atom. The standard InChI is InChI=1S/C14H23NO/c1-11(2)12-5-7-13(8-6-12)14(16)15-9-3-4-10-15/h12-13H,1,3-10H2,2H3. The van der Waals surface area contributed by atoms with Crippen LogP contribution in [0.1, 0.15) is 45.4 Å². The van der Waals surface area contributed by atoms with E-state index in [1.165, 1.54) is 31.3 Å². The van der Waals surface area contributed by atoms with Gasteiger partial charge in [-0.3, -0.25) is 4.79 Å². The molecule has 0 aromatic rings. The molecule has 2 nitrogen and oxygen atoms in total. The second-order valence-electron chi connectivity index (χ2n) is 5.43. The molecule has 0 aromatic heterocycles. The molecular weight excluding hydrogens is 198 g/mol. The molecule has 2 fully saturated rings. The minimum Gasteiger partial charge on any atom is -0.342 e. The van der Waals surface area contributed by atoms with Crippen LogP contribution < -0.4 is 0 Å². The Morgan fingerprint density at radius 3 is 2.06 bits per heavy atom. The van der Waals surface area contributed by atoms with Gasteiger partial charge in [-0.05, 0) is 51.4 Å². The fourth-order valence-electron chi connectivity index (χ4n) is 3.03. The average molecular weight is 221 g/mol. The van der Waals surface area contributed by atoms with Gasteiger partial charge in [0, 0.05) is 19.0 Å². The largest absolute Gasteiger partial charge is 0.342 e. The van der Waals surface area contributed by atoms with Gasteiger partial charge in [0.15, 0.2) is 0 Å². The Hall–Kier alpha value is -0.790. The fourth-order valence-corrected chi connectivity index (χ4v) is 3.03. The van der Waals surface area contributed by atoms with Crippen molar-refractivity contribution in [3.05, 3.63) is 12.2 Å². The summed E-state index contributed by atoms with van der Waals surface area (Å²) in [6, 6.07) is 0. The molecule has 0 N–H and O–H groups in total. The first-order valence-electron chi connectivity index (χ1n) is 6.62. The predicted octanol–water partition coefficient (Wildman–Crippen LogP) is 2.99. The van der Waals surface area contributed by atoms with E-state index in [1.54, 1.807) is 0 Å². The lowest BCUT2D eigenvalue weighted by Crippen LogP contribution is -2.35. The lowest BCUT2D eigenvalue weighted by atomic mass is 9.79. The highest BCUT2D eigenvalue weighted by Gasteiger charge is 2.30. The van der Waals surface area contributed by atoms with E-state index < -0.39 is 0 Å². The van der Waals surface area contributed by atoms with Crippen LogP contribution >= 0.6 is 0 Å². The van der Waals surface area contributed by atoms with Crippen molar-refractivity contribution in [2.24, 2.45) is 11.8 Å². The summed E-state index contributed by atoms with van der Waals surface area (Å²) in [5.74, 6) is 1.41. The number of carbonyl (C=O) groups excluding carboxylic acids is 1. The molecule has 1 saturated heterocycles. The van der Waals surface area contributed by atoms with Gasteiger partial charge in [-0.1, -0.05) is 12.2 Å². The summed E-state index contributed by atoms with van der Waals surface area (Å²) in [6.07, 6.45) is 6.89. The summed E-state index contributed by atoms with van der Waals surface area (Å²) in [7, 11) is 0. The van der Waals surface area contributed by atoms with Gasteiger partial charge in [0.25, 0.3) is 0 Å². The number of carbonyl (C=O) groups is 1. The van der Waals surface area contributed by atoms with E-state index in [4.69, 9.17) is 0 Å². The highest BCUT2D eigenvalue weighted by Crippen LogP contribution is 2.33. The van der Waals surface area contributed by atoms with Crippen LogP contribution in [0, 0.1) is 11.8 Å². The Labute approximate surface area is 98.7 Å². The van der Waals surface area contributed by atoms with Crippen LogP contribution in [0.2, 0.25) is 0 Å². The Morgan fingerprint density at radius 2 is 1.56 bits per heavy atom. The molecule has 2 rings (SSSR count). The maximum Gasteiger partial charge on any atom is 0.225 e. The highest BCUT2D eigenvalue weighted by molar-refractivity contribution is 5.79. The second kappa shape index (κ2) is 5.03. The van der Waals surface area contributed by atoms with Gasteiger partial charge in [0.1, 0.15) is 0 Å². The summed E-state index contributed by atoms with van der Waals surface area (Å²) in [4.78, 5) is 14.3. The molecule has 90 valence electrons. The molecular formula is C14H23NO. The first-order chi connectivity index (χ1) is 7.68. The van der Waals surface area contributed by atoms with Crippen LogP contribution in [0.15, 0.2) is 12.2 Å². The van der Waals surface area contributed by atoms with Gasteiger partial charge in [-0.2, -0.15) is 0 Å². The maximum absolute atomic E-state index is 12.2. The summed E-state index contributed by atoms with van der Waals surface area (Å²) in [5.41, 5.74) is 1.30. The van der Waals surface area contributed by atoms with E-state index in [1.807, 2.05) is 0 Å². The highest BCUT2D eigenvalue weighted by atomic mass is 16.2. The zero-order valence-corrected chi connectivity index (χ0v) is 10.4. The zero-order valence-electron chi connectivity index (χ0n) is 10.4. The van der Waals surface area contributed by atoms with Crippen LogP contribution in [-0.4, -0.2) is 23.9 Å². The van der Waals surface area contributed by atoms with Crippen LogP contribution in [-0.2, 0) is 4.79 Å². The predicted molar refractivity (Wildman–Crippen MR) is 66.1 cm³/mol. The number of rotatable bonds is 2. The number of nitrogens with zero attached hydrogens (tertiary/aromatic N) is 1. The molecule has 16 heavy (non-hydrogen) atoms. The molecule has 2 heteroatoms. The van der Waals surface area contributed by atoms with E-state index >= 15 is 0 Å². The molecule has 0 aromatic carbocycles. The third kappa shape index (κ3) is 2.47. The van der Waals surface area contributed by atoms with Gasteiger partial charge in [0.2, 0.25) is 5.91 Å². The van der Waals surface area contributed by atoms with E-state index in [0.29, 0.717) is 17.7 Å². The van der Waals surface area contributed by atoms with Crippen molar-refractivity contribution in [1.82, 2.24) is 4.90 Å². The Kier molecular flexibility index (Phi) is 3.67. The van der Waals surface area contributed by atoms with Gasteiger partial charge in [0.05, 0.1) is 0 Å². The van der Waals surface area contributed by atoms with Crippen molar-refractivity contribution < 1.29 is 4.79 Å². The molecule has 1 aliphatic carbocycles. The number of allylic oxidation sites excluding steroid dienone is 1. The summed E-state index contributed by atoms with van der Waals surface area (Å²) >= 11 is 0. The molecule has 2 aliphatic rings. The quantitative estimate of drug-likeness (QED) is 0.656. The van der Waals surface area contributed by atoms with Crippen molar-refractivity contribution in [3.8, 4) is 0 Å². The van der Waals surface area contributed by atoms with Crippen LogP contribution in [0.5, 0.6) is 0 Å². The van der Waals surface area contributed by atoms with E-state index in [2.05, 4.69) is 18.4 Å². The summed E-state index contributed by atoms with van der Waals surface area (Å²) in [6.45, 7) is 8.15. The van der Waals surface area contributed by atoms with Crippen molar-refractivity contribution in [3.63, 3.8) is 0 Å². The molecule has 0 bridgehead atoms. The molecule has 1 saturated carbocycles. The van der Waals surface area contributed by atoms with Crippen molar-refractivity contribution in [1.29, 1.82) is 0 Å². The normalized spacial score (nSPS) is 30.4. The monoisotopic (exact) mass is 221 g/mol.